The highest BCUT2D eigenvalue weighted by Gasteiger charge is 2.27. The Kier molecular flexibility index (Phi) is 6.35. The van der Waals surface area contributed by atoms with Gasteiger partial charge in [-0.15, -0.1) is 0 Å². The van der Waals surface area contributed by atoms with E-state index >= 15 is 0 Å². The highest BCUT2D eigenvalue weighted by molar-refractivity contribution is 5.94. The predicted molar refractivity (Wildman–Crippen MR) is 98.8 cm³/mol. The van der Waals surface area contributed by atoms with Gasteiger partial charge < -0.3 is 24.1 Å². The molecular formula is C20H24N2O5. The van der Waals surface area contributed by atoms with Gasteiger partial charge in [-0.05, 0) is 31.0 Å². The Morgan fingerprint density at radius 3 is 2.70 bits per heavy atom. The van der Waals surface area contributed by atoms with Gasteiger partial charge in [0.2, 0.25) is 5.91 Å². The first-order valence-corrected chi connectivity index (χ1v) is 9.03. The molecule has 144 valence electrons. The summed E-state index contributed by atoms with van der Waals surface area (Å²) >= 11 is 0. The van der Waals surface area contributed by atoms with E-state index in [-0.39, 0.29) is 17.7 Å². The molecule has 1 N–H and O–H groups in total. The zero-order chi connectivity index (χ0) is 19.1. The molecule has 0 aliphatic carbocycles. The van der Waals surface area contributed by atoms with Crippen LogP contribution in [-0.4, -0.2) is 50.1 Å². The summed E-state index contributed by atoms with van der Waals surface area (Å²) in [6, 6.07) is 9.00. The quantitative estimate of drug-likeness (QED) is 0.755. The minimum atomic E-state index is -0.0739. The van der Waals surface area contributed by atoms with Gasteiger partial charge in [0.1, 0.15) is 24.4 Å². The number of rotatable bonds is 7. The molecule has 2 amide bonds. The van der Waals surface area contributed by atoms with E-state index < -0.39 is 0 Å². The van der Waals surface area contributed by atoms with Gasteiger partial charge >= 0.3 is 0 Å². The van der Waals surface area contributed by atoms with E-state index in [4.69, 9.17) is 13.9 Å². The molecule has 1 aromatic heterocycles. The molecule has 0 unspecified atom stereocenters. The Balaban J connectivity index is 1.36. The van der Waals surface area contributed by atoms with Crippen molar-refractivity contribution in [3.8, 4) is 11.5 Å². The molecule has 0 atom stereocenters. The Morgan fingerprint density at radius 1 is 1.22 bits per heavy atom. The molecule has 3 rings (SSSR count). The van der Waals surface area contributed by atoms with Crippen LogP contribution in [0.15, 0.2) is 47.3 Å². The second-order valence-corrected chi connectivity index (χ2v) is 6.40. The standard InChI is InChI=1S/C20H24N2O5/c1-25-17-3-2-4-18(13-17)27-12-8-21-19(23)15-5-9-22(10-6-15)20(24)16-7-11-26-14-16/h2-4,7,11,13-15H,5-6,8-10,12H2,1H3,(H,21,23). The summed E-state index contributed by atoms with van der Waals surface area (Å²) in [6.07, 6.45) is 4.25. The maximum Gasteiger partial charge on any atom is 0.257 e. The van der Waals surface area contributed by atoms with Crippen molar-refractivity contribution in [2.24, 2.45) is 5.92 Å². The topological polar surface area (TPSA) is 81.0 Å². The molecule has 7 heteroatoms. The van der Waals surface area contributed by atoms with Crippen LogP contribution in [0.2, 0.25) is 0 Å². The van der Waals surface area contributed by atoms with Crippen LogP contribution in [0.25, 0.3) is 0 Å². The lowest BCUT2D eigenvalue weighted by molar-refractivity contribution is -0.126. The van der Waals surface area contributed by atoms with E-state index in [0.29, 0.717) is 50.4 Å². The van der Waals surface area contributed by atoms with E-state index in [1.54, 1.807) is 24.1 Å². The lowest BCUT2D eigenvalue weighted by Gasteiger charge is -2.31. The van der Waals surface area contributed by atoms with Gasteiger partial charge in [-0.3, -0.25) is 9.59 Å². The van der Waals surface area contributed by atoms with Gasteiger partial charge in [0.15, 0.2) is 0 Å². The van der Waals surface area contributed by atoms with E-state index in [0.717, 1.165) is 5.75 Å². The highest BCUT2D eigenvalue weighted by Crippen LogP contribution is 2.20. The fraction of sp³-hybridized carbons (Fsp3) is 0.400. The fourth-order valence-electron chi connectivity index (χ4n) is 3.09. The molecule has 0 saturated carbocycles. The molecule has 1 fully saturated rings. The number of ether oxygens (including phenoxy) is 2. The number of piperidine rings is 1. The number of nitrogens with one attached hydrogen (secondary N) is 1. The molecule has 1 aliphatic rings. The van der Waals surface area contributed by atoms with Gasteiger partial charge in [0.05, 0.1) is 25.5 Å². The second kappa shape index (κ2) is 9.12. The Morgan fingerprint density at radius 2 is 2.00 bits per heavy atom. The average Bonchev–Trinajstić information content (AvgIpc) is 3.25. The van der Waals surface area contributed by atoms with E-state index in [1.165, 1.54) is 12.5 Å². The minimum Gasteiger partial charge on any atom is -0.497 e. The van der Waals surface area contributed by atoms with Crippen LogP contribution in [0.4, 0.5) is 0 Å². The number of hydrogen-bond donors (Lipinski definition) is 1. The number of carbonyl (C=O) groups is 2. The van der Waals surface area contributed by atoms with Gasteiger partial charge in [-0.1, -0.05) is 6.07 Å². The van der Waals surface area contributed by atoms with Crippen molar-refractivity contribution in [2.45, 2.75) is 12.8 Å². The smallest absolute Gasteiger partial charge is 0.257 e. The molecule has 1 saturated heterocycles. The Hall–Kier alpha value is -2.96. The lowest BCUT2D eigenvalue weighted by atomic mass is 9.95. The van der Waals surface area contributed by atoms with Crippen molar-refractivity contribution in [1.82, 2.24) is 10.2 Å². The SMILES string of the molecule is COc1cccc(OCCNC(=O)C2CCN(C(=O)c3ccoc3)CC2)c1. The van der Waals surface area contributed by atoms with Crippen LogP contribution in [0, 0.1) is 5.92 Å². The molecule has 27 heavy (non-hydrogen) atoms. The normalized spacial score (nSPS) is 14.6. The van der Waals surface area contributed by atoms with Crippen LogP contribution < -0.4 is 14.8 Å². The molecule has 7 nitrogen and oxygen atoms in total. The average molecular weight is 372 g/mol. The number of likely N-dealkylation sites (tertiary alicyclic amines) is 1. The molecule has 1 aliphatic heterocycles. The summed E-state index contributed by atoms with van der Waals surface area (Å²) < 4.78 is 15.7. The molecule has 1 aromatic carbocycles. The van der Waals surface area contributed by atoms with Gasteiger partial charge in [-0.25, -0.2) is 0 Å². The number of carbonyl (C=O) groups excluding carboxylic acids is 2. The first-order valence-electron chi connectivity index (χ1n) is 9.03. The van der Waals surface area contributed by atoms with Crippen molar-refractivity contribution >= 4 is 11.8 Å². The third-order valence-electron chi connectivity index (χ3n) is 4.63. The summed E-state index contributed by atoms with van der Waals surface area (Å²) in [6.45, 7) is 1.96. The van der Waals surface area contributed by atoms with Crippen LogP contribution in [0.3, 0.4) is 0 Å². The summed E-state index contributed by atoms with van der Waals surface area (Å²) in [5.41, 5.74) is 0.549. The van der Waals surface area contributed by atoms with Crippen LogP contribution in [-0.2, 0) is 4.79 Å². The zero-order valence-electron chi connectivity index (χ0n) is 15.3. The summed E-state index contributed by atoms with van der Waals surface area (Å²) in [5, 5.41) is 2.91. The first kappa shape index (κ1) is 18.8. The molecule has 2 heterocycles. The number of benzene rings is 1. The van der Waals surface area contributed by atoms with E-state index in [9.17, 15) is 9.59 Å². The molecule has 2 aromatic rings. The third-order valence-corrected chi connectivity index (χ3v) is 4.63. The van der Waals surface area contributed by atoms with Crippen molar-refractivity contribution < 1.29 is 23.5 Å². The van der Waals surface area contributed by atoms with Crippen LogP contribution in [0.1, 0.15) is 23.2 Å². The third kappa shape index (κ3) is 5.03. The van der Waals surface area contributed by atoms with Crippen LogP contribution >= 0.6 is 0 Å². The largest absolute Gasteiger partial charge is 0.497 e. The van der Waals surface area contributed by atoms with Gasteiger partial charge in [0, 0.05) is 25.1 Å². The highest BCUT2D eigenvalue weighted by atomic mass is 16.5. The summed E-state index contributed by atoms with van der Waals surface area (Å²) in [5.74, 6) is 1.33. The molecular weight excluding hydrogens is 348 g/mol. The monoisotopic (exact) mass is 372 g/mol. The maximum atomic E-state index is 12.3. The maximum absolute atomic E-state index is 12.3. The Labute approximate surface area is 158 Å². The van der Waals surface area contributed by atoms with E-state index in [2.05, 4.69) is 5.32 Å². The Bertz CT molecular complexity index is 751. The van der Waals surface area contributed by atoms with Crippen LogP contribution in [0.5, 0.6) is 11.5 Å². The van der Waals surface area contributed by atoms with E-state index in [1.807, 2.05) is 18.2 Å². The van der Waals surface area contributed by atoms with Crippen molar-refractivity contribution in [3.63, 3.8) is 0 Å². The minimum absolute atomic E-state index is 0.0136. The molecule has 0 radical (unpaired) electrons. The van der Waals surface area contributed by atoms with Crippen molar-refractivity contribution in [3.05, 3.63) is 48.4 Å². The number of hydrogen-bond acceptors (Lipinski definition) is 5. The molecule has 0 bridgehead atoms. The lowest BCUT2D eigenvalue weighted by Crippen LogP contribution is -2.43. The van der Waals surface area contributed by atoms with Gasteiger partial charge in [-0.2, -0.15) is 0 Å². The summed E-state index contributed by atoms with van der Waals surface area (Å²) in [4.78, 5) is 26.3. The fourth-order valence-corrected chi connectivity index (χ4v) is 3.09. The van der Waals surface area contributed by atoms with Gasteiger partial charge in [0.25, 0.3) is 5.91 Å². The molecule has 0 spiro atoms. The number of nitrogens with zero attached hydrogens (tertiary/aromatic N) is 1. The predicted octanol–water partition coefficient (Wildman–Crippen LogP) is 2.34. The second-order valence-electron chi connectivity index (χ2n) is 6.40. The number of amides is 2. The van der Waals surface area contributed by atoms with Crippen molar-refractivity contribution in [2.75, 3.05) is 33.4 Å². The number of furan rings is 1. The van der Waals surface area contributed by atoms with Crippen molar-refractivity contribution in [1.29, 1.82) is 0 Å². The first-order chi connectivity index (χ1) is 13.2. The number of methoxy groups -OCH3 is 1. The summed E-state index contributed by atoms with van der Waals surface area (Å²) in [7, 11) is 1.60. The zero-order valence-corrected chi connectivity index (χ0v) is 15.3.